The van der Waals surface area contributed by atoms with Gasteiger partial charge in [0.15, 0.2) is 24.5 Å². The molecule has 0 bridgehead atoms. The summed E-state index contributed by atoms with van der Waals surface area (Å²) in [4.78, 5) is 16.7. The van der Waals surface area contributed by atoms with Gasteiger partial charge in [0.05, 0.1) is 51.3 Å². The van der Waals surface area contributed by atoms with Gasteiger partial charge in [0.1, 0.15) is 6.54 Å². The van der Waals surface area contributed by atoms with Crippen LogP contribution < -0.4 is 4.90 Å². The monoisotopic (exact) mass is 906 g/mol. The van der Waals surface area contributed by atoms with Gasteiger partial charge in [-0.2, -0.15) is 4.58 Å². The number of piperazine rings is 1. The Hall–Kier alpha value is -5.15. The lowest BCUT2D eigenvalue weighted by Gasteiger charge is -2.27. The van der Waals surface area contributed by atoms with Crippen LogP contribution in [-0.2, 0) is 35.8 Å². The van der Waals surface area contributed by atoms with Crippen LogP contribution in [-0.4, -0.2) is 115 Å². The number of ether oxygens (including phenoxy) is 1. The van der Waals surface area contributed by atoms with E-state index in [9.17, 15) is 30.7 Å². The summed E-state index contributed by atoms with van der Waals surface area (Å²) in [5.74, 6) is -0.876. The van der Waals surface area contributed by atoms with Gasteiger partial charge in [-0.15, -0.1) is 0 Å². The van der Waals surface area contributed by atoms with Gasteiger partial charge in [0, 0.05) is 64.5 Å². The lowest BCUT2D eigenvalue weighted by Crippen LogP contribution is -2.47. The van der Waals surface area contributed by atoms with Crippen molar-refractivity contribution in [2.75, 3.05) is 62.3 Å². The normalized spacial score (nSPS) is 21.0. The first-order chi connectivity index (χ1) is 30.4. The molecular formula is C50H58N4O8S2. The smallest absolute Gasteiger partial charge is 0.410 e. The third-order valence-corrected chi connectivity index (χ3v) is 15.1. The summed E-state index contributed by atoms with van der Waals surface area (Å²) in [7, 11) is -8.79. The number of anilines is 1. The van der Waals surface area contributed by atoms with E-state index in [4.69, 9.17) is 4.74 Å². The summed E-state index contributed by atoms with van der Waals surface area (Å²) in [6, 6.07) is 25.0. The van der Waals surface area contributed by atoms with Crippen molar-refractivity contribution in [3.05, 3.63) is 119 Å². The number of rotatable bonds is 12. The molecule has 12 nitrogen and oxygen atoms in total. The van der Waals surface area contributed by atoms with E-state index in [1.54, 1.807) is 4.90 Å². The van der Waals surface area contributed by atoms with Crippen molar-refractivity contribution < 1.29 is 44.6 Å². The Morgan fingerprint density at radius 1 is 0.812 bits per heavy atom. The van der Waals surface area contributed by atoms with Crippen molar-refractivity contribution in [1.29, 1.82) is 0 Å². The predicted octanol–water partition coefficient (Wildman–Crippen LogP) is 7.74. The average molecular weight is 907 g/mol. The van der Waals surface area contributed by atoms with Crippen molar-refractivity contribution in [3.63, 3.8) is 0 Å². The number of amides is 1. The van der Waals surface area contributed by atoms with Crippen molar-refractivity contribution in [1.82, 2.24) is 4.90 Å². The zero-order valence-electron chi connectivity index (χ0n) is 37.4. The van der Waals surface area contributed by atoms with Crippen LogP contribution in [0.4, 0.5) is 16.2 Å². The minimum atomic E-state index is -4.39. The number of carbonyl (C=O) groups is 1. The van der Waals surface area contributed by atoms with Gasteiger partial charge in [0.25, 0.3) is 0 Å². The molecule has 2 fully saturated rings. The van der Waals surface area contributed by atoms with Crippen molar-refractivity contribution in [3.8, 4) is 0 Å². The molecule has 1 amide bonds. The third kappa shape index (κ3) is 8.94. The van der Waals surface area contributed by atoms with Crippen LogP contribution in [0.15, 0.2) is 108 Å². The van der Waals surface area contributed by atoms with Gasteiger partial charge < -0.3 is 18.7 Å². The summed E-state index contributed by atoms with van der Waals surface area (Å²) in [5, 5.41) is 4.50. The molecule has 1 aliphatic carbocycles. The Morgan fingerprint density at radius 2 is 1.44 bits per heavy atom. The standard InChI is InChI=1S/C50H58N4O8S2/c1-6-62-48(55)52-31-29-51(30-32-52)47-37(21-25-43-49(2,3)45-39-15-9-7-13-35(39)19-23-41(45)53(43)27-11-33-63(56,57)58)17-18-38(47)22-26-44-50(4,5)46-40-16-10-8-14-36(40)20-24-42(46)54(44)28-12-34-64(59,60)61/h7-10,13-16,19-26,37H,6,11-12,17-18,27-34H2,1-5H3/b25-21+. The molecule has 0 radical (unpaired) electrons. The SMILES string of the molecule is CCOC(=O)N1CC[N+](=C2/C(=C/C=C3/N(CCCS(=O)(=O)[O-])c4ccc5ccccc5c4C3(C)C)CCC2/C=C/C2=[N+](CCCS(=O)(=O)[O-])c3ccc4ccccc4c3C2(C)C)CC1. The van der Waals surface area contributed by atoms with Crippen molar-refractivity contribution in [2.24, 2.45) is 5.92 Å². The molecule has 8 rings (SSSR count). The van der Waals surface area contributed by atoms with Crippen molar-refractivity contribution in [2.45, 2.75) is 71.1 Å². The van der Waals surface area contributed by atoms with Crippen LogP contribution in [0.3, 0.4) is 0 Å². The minimum absolute atomic E-state index is 0.0162. The Bertz CT molecular complexity index is 2900. The highest BCUT2D eigenvalue weighted by Crippen LogP contribution is 2.51. The second kappa shape index (κ2) is 17.7. The first kappa shape index (κ1) is 45.4. The highest BCUT2D eigenvalue weighted by molar-refractivity contribution is 7.85. The lowest BCUT2D eigenvalue weighted by molar-refractivity contribution is -0.539. The molecule has 64 heavy (non-hydrogen) atoms. The fourth-order valence-corrected chi connectivity index (χ4v) is 11.7. The largest absolute Gasteiger partial charge is 0.748 e. The summed E-state index contributed by atoms with van der Waals surface area (Å²) >= 11 is 0. The van der Waals surface area contributed by atoms with E-state index < -0.39 is 42.6 Å². The van der Waals surface area contributed by atoms with Crippen LogP contribution in [0.1, 0.15) is 71.4 Å². The second-order valence-corrected chi connectivity index (χ2v) is 21.4. The molecule has 14 heteroatoms. The molecule has 1 unspecified atom stereocenters. The number of hydrogen-bond donors (Lipinski definition) is 0. The summed E-state index contributed by atoms with van der Waals surface area (Å²) < 4.78 is 80.4. The topological polar surface area (TPSA) is 153 Å². The molecule has 338 valence electrons. The van der Waals surface area contributed by atoms with Gasteiger partial charge in [0.2, 0.25) is 5.69 Å². The molecule has 1 saturated heterocycles. The Labute approximate surface area is 377 Å². The van der Waals surface area contributed by atoms with Crippen LogP contribution in [0.25, 0.3) is 21.5 Å². The molecule has 3 heterocycles. The maximum Gasteiger partial charge on any atom is 0.410 e. The molecule has 4 aromatic rings. The molecule has 4 aliphatic rings. The number of nitrogens with zero attached hydrogens (tertiary/aromatic N) is 4. The van der Waals surface area contributed by atoms with E-state index in [0.717, 1.165) is 62.7 Å². The zero-order chi connectivity index (χ0) is 45.6. The third-order valence-electron chi connectivity index (χ3n) is 13.5. The molecule has 0 spiro atoms. The number of hydrogen-bond acceptors (Lipinski definition) is 9. The molecule has 1 atom stereocenters. The number of benzene rings is 4. The molecule has 1 saturated carbocycles. The van der Waals surface area contributed by atoms with E-state index >= 15 is 0 Å². The Kier molecular flexibility index (Phi) is 12.5. The summed E-state index contributed by atoms with van der Waals surface area (Å²) in [5.41, 5.74) is 7.85. The van der Waals surface area contributed by atoms with E-state index in [2.05, 4.69) is 115 Å². The highest BCUT2D eigenvalue weighted by Gasteiger charge is 2.46. The van der Waals surface area contributed by atoms with Crippen molar-refractivity contribution >= 4 is 70.7 Å². The maximum absolute atomic E-state index is 12.8. The molecule has 3 aliphatic heterocycles. The van der Waals surface area contributed by atoms with Crippen LogP contribution >= 0.6 is 0 Å². The second-order valence-electron chi connectivity index (χ2n) is 18.3. The fourth-order valence-electron chi connectivity index (χ4n) is 10.7. The number of fused-ring (bicyclic) bond motifs is 6. The predicted molar refractivity (Wildman–Crippen MR) is 251 cm³/mol. The quantitative estimate of drug-likeness (QED) is 0.103. The molecule has 0 aromatic heterocycles. The van der Waals surface area contributed by atoms with E-state index in [1.807, 2.05) is 31.2 Å². The lowest BCUT2D eigenvalue weighted by atomic mass is 9.78. The number of allylic oxidation sites excluding steroid dienone is 6. The van der Waals surface area contributed by atoms with Gasteiger partial charge in [-0.3, -0.25) is 4.90 Å². The molecule has 0 N–H and O–H groups in total. The Balaban J connectivity index is 1.20. The maximum atomic E-state index is 12.8. The minimum Gasteiger partial charge on any atom is -0.748 e. The molecular weight excluding hydrogens is 849 g/mol. The zero-order valence-corrected chi connectivity index (χ0v) is 39.0. The van der Waals surface area contributed by atoms with Crippen LogP contribution in [0.2, 0.25) is 0 Å². The fraction of sp³-hybridized carbons (Fsp3) is 0.420. The number of carbonyl (C=O) groups excluding carboxylic acids is 1. The van der Waals surface area contributed by atoms with E-state index in [0.29, 0.717) is 45.9 Å². The van der Waals surface area contributed by atoms with E-state index in [1.165, 1.54) is 16.8 Å². The van der Waals surface area contributed by atoms with Gasteiger partial charge >= 0.3 is 6.09 Å². The Morgan fingerprint density at radius 3 is 2.09 bits per heavy atom. The average Bonchev–Trinajstić information content (AvgIpc) is 3.82. The highest BCUT2D eigenvalue weighted by atomic mass is 32.2. The van der Waals surface area contributed by atoms with Gasteiger partial charge in [-0.1, -0.05) is 80.6 Å². The van der Waals surface area contributed by atoms with Crippen LogP contribution in [0.5, 0.6) is 0 Å². The van der Waals surface area contributed by atoms with Crippen LogP contribution in [0, 0.1) is 5.92 Å². The van der Waals surface area contributed by atoms with E-state index in [-0.39, 0.29) is 24.9 Å². The van der Waals surface area contributed by atoms with Gasteiger partial charge in [-0.05, 0) is 85.4 Å². The van der Waals surface area contributed by atoms with Gasteiger partial charge in [-0.25, -0.2) is 26.2 Å². The first-order valence-corrected chi connectivity index (χ1v) is 25.5. The summed E-state index contributed by atoms with van der Waals surface area (Å²) in [6.45, 7) is 13.9. The first-order valence-electron chi connectivity index (χ1n) is 22.4. The summed E-state index contributed by atoms with van der Waals surface area (Å²) in [6.07, 6.45) is 10.6. The molecule has 4 aromatic carbocycles.